The van der Waals surface area contributed by atoms with Gasteiger partial charge in [-0.3, -0.25) is 14.6 Å². The van der Waals surface area contributed by atoms with Crippen molar-refractivity contribution in [2.75, 3.05) is 30.8 Å². The first kappa shape index (κ1) is 22.6. The van der Waals surface area contributed by atoms with E-state index in [-0.39, 0.29) is 27.8 Å². The third-order valence-corrected chi connectivity index (χ3v) is 5.44. The minimum Gasteiger partial charge on any atom is -0.506 e. The fraction of sp³-hybridized carbons (Fsp3) is 0.130. The van der Waals surface area contributed by atoms with E-state index in [1.807, 2.05) is 11.9 Å². The summed E-state index contributed by atoms with van der Waals surface area (Å²) < 4.78 is 0. The molecule has 33 heavy (non-hydrogen) atoms. The Kier molecular flexibility index (Phi) is 6.48. The Hall–Kier alpha value is -3.62. The van der Waals surface area contributed by atoms with Gasteiger partial charge < -0.3 is 20.6 Å². The first-order valence-corrected chi connectivity index (χ1v) is 10.7. The van der Waals surface area contributed by atoms with Gasteiger partial charge in [0.15, 0.2) is 0 Å². The summed E-state index contributed by atoms with van der Waals surface area (Å²) in [7, 11) is 1.96. The van der Waals surface area contributed by atoms with Gasteiger partial charge in [0.1, 0.15) is 17.4 Å². The van der Waals surface area contributed by atoms with Gasteiger partial charge in [0.05, 0.1) is 22.8 Å². The number of amides is 2. The van der Waals surface area contributed by atoms with E-state index in [2.05, 4.69) is 20.6 Å². The second-order valence-corrected chi connectivity index (χ2v) is 8.19. The summed E-state index contributed by atoms with van der Waals surface area (Å²) in [6.45, 7) is 1.59. The van der Waals surface area contributed by atoms with Crippen molar-refractivity contribution >= 4 is 52.4 Å². The van der Waals surface area contributed by atoms with Crippen LogP contribution in [0.3, 0.4) is 0 Å². The summed E-state index contributed by atoms with van der Waals surface area (Å²) in [5.74, 6) is -0.345. The fourth-order valence-corrected chi connectivity index (χ4v) is 3.66. The molecule has 0 unspecified atom stereocenters. The molecule has 0 radical (unpaired) electrons. The molecular weight excluding hydrogens is 465 g/mol. The van der Waals surface area contributed by atoms with Crippen LogP contribution < -0.4 is 10.6 Å². The van der Waals surface area contributed by atoms with E-state index in [0.29, 0.717) is 10.6 Å². The van der Waals surface area contributed by atoms with Gasteiger partial charge in [-0.2, -0.15) is 0 Å². The van der Waals surface area contributed by atoms with Crippen LogP contribution >= 0.6 is 23.2 Å². The molecular formula is C23H19Cl2N5O3. The number of phenols is 1. The topological polar surface area (TPSA) is 107 Å². The van der Waals surface area contributed by atoms with Crippen LogP contribution in [-0.4, -0.2) is 52.8 Å². The highest BCUT2D eigenvalue weighted by atomic mass is 35.5. The Morgan fingerprint density at radius 3 is 2.39 bits per heavy atom. The molecule has 1 aliphatic rings. The third-order valence-electron chi connectivity index (χ3n) is 5.00. The largest absolute Gasteiger partial charge is 0.506 e. The first-order valence-electron chi connectivity index (χ1n) is 9.94. The Labute approximate surface area is 199 Å². The van der Waals surface area contributed by atoms with Crippen molar-refractivity contribution in [1.29, 1.82) is 0 Å². The number of halogens is 2. The molecule has 2 amide bonds. The number of benzene rings is 2. The number of phenolic OH excluding ortho intramolecular Hbond substituents is 1. The predicted octanol–water partition coefficient (Wildman–Crippen LogP) is 4.29. The predicted molar refractivity (Wildman–Crippen MR) is 129 cm³/mol. The lowest BCUT2D eigenvalue weighted by atomic mass is 10.1. The number of aromatic nitrogens is 1. The van der Waals surface area contributed by atoms with Crippen LogP contribution in [0.1, 0.15) is 26.3 Å². The van der Waals surface area contributed by atoms with Gasteiger partial charge in [-0.25, -0.2) is 4.98 Å². The number of anilines is 2. The Morgan fingerprint density at radius 1 is 1.00 bits per heavy atom. The maximum absolute atomic E-state index is 12.9. The van der Waals surface area contributed by atoms with Gasteiger partial charge >= 0.3 is 0 Å². The zero-order valence-electron chi connectivity index (χ0n) is 17.5. The molecule has 4 rings (SSSR count). The molecule has 1 aliphatic heterocycles. The van der Waals surface area contributed by atoms with Gasteiger partial charge in [0.25, 0.3) is 11.8 Å². The first-order chi connectivity index (χ1) is 15.8. The minimum atomic E-state index is -0.615. The molecule has 0 spiro atoms. The van der Waals surface area contributed by atoms with E-state index in [4.69, 9.17) is 23.2 Å². The van der Waals surface area contributed by atoms with Crippen molar-refractivity contribution in [3.05, 3.63) is 81.5 Å². The Morgan fingerprint density at radius 2 is 1.76 bits per heavy atom. The maximum Gasteiger partial charge on any atom is 0.259 e. The van der Waals surface area contributed by atoms with Crippen LogP contribution in [0.2, 0.25) is 10.0 Å². The maximum atomic E-state index is 12.9. The van der Waals surface area contributed by atoms with E-state index >= 15 is 0 Å². The monoisotopic (exact) mass is 483 g/mol. The van der Waals surface area contributed by atoms with E-state index < -0.39 is 11.8 Å². The van der Waals surface area contributed by atoms with Crippen LogP contribution in [0.15, 0.2) is 59.7 Å². The molecule has 168 valence electrons. The average Bonchev–Trinajstić information content (AvgIpc) is 3.22. The molecule has 3 N–H and O–H groups in total. The van der Waals surface area contributed by atoms with Crippen LogP contribution in [-0.2, 0) is 0 Å². The van der Waals surface area contributed by atoms with E-state index in [1.54, 1.807) is 30.3 Å². The average molecular weight is 484 g/mol. The molecule has 0 aliphatic carbocycles. The number of carbonyl (C=O) groups is 2. The van der Waals surface area contributed by atoms with Gasteiger partial charge in [-0.15, -0.1) is 0 Å². The zero-order chi connectivity index (χ0) is 23.5. The Bertz CT molecular complexity index is 1240. The highest BCUT2D eigenvalue weighted by Crippen LogP contribution is 2.32. The SMILES string of the molecule is CN1CCN=C1c1ccc(C(=O)Nc2c(O)cc(Cl)cc2C(=O)Nc2ccc(Cl)cn2)cc1. The zero-order valence-corrected chi connectivity index (χ0v) is 19.0. The smallest absolute Gasteiger partial charge is 0.259 e. The molecule has 0 bridgehead atoms. The highest BCUT2D eigenvalue weighted by molar-refractivity contribution is 6.32. The van der Waals surface area contributed by atoms with Crippen molar-refractivity contribution in [3.8, 4) is 5.75 Å². The second-order valence-electron chi connectivity index (χ2n) is 7.32. The van der Waals surface area contributed by atoms with Crippen molar-refractivity contribution < 1.29 is 14.7 Å². The molecule has 0 fully saturated rings. The van der Waals surface area contributed by atoms with Crippen molar-refractivity contribution in [3.63, 3.8) is 0 Å². The summed E-state index contributed by atoms with van der Waals surface area (Å²) in [6.07, 6.45) is 1.38. The lowest BCUT2D eigenvalue weighted by molar-refractivity contribution is 0.102. The summed E-state index contributed by atoms with van der Waals surface area (Å²) in [5, 5.41) is 16.1. The van der Waals surface area contributed by atoms with E-state index in [9.17, 15) is 14.7 Å². The van der Waals surface area contributed by atoms with E-state index in [0.717, 1.165) is 24.5 Å². The number of hydrogen-bond acceptors (Lipinski definition) is 6. The van der Waals surface area contributed by atoms with Gasteiger partial charge in [-0.05, 0) is 30.3 Å². The number of aliphatic imine (C=N–C) groups is 1. The third kappa shape index (κ3) is 5.08. The number of hydrogen-bond donors (Lipinski definition) is 3. The van der Waals surface area contributed by atoms with Crippen molar-refractivity contribution in [2.24, 2.45) is 4.99 Å². The molecule has 8 nitrogen and oxygen atoms in total. The molecule has 1 aromatic heterocycles. The number of likely N-dealkylation sites (N-methyl/N-ethyl adjacent to an activating group) is 1. The fourth-order valence-electron chi connectivity index (χ4n) is 3.34. The number of rotatable bonds is 5. The lowest BCUT2D eigenvalue weighted by Gasteiger charge is -2.15. The summed E-state index contributed by atoms with van der Waals surface area (Å²) in [6, 6.07) is 12.6. The number of nitrogens with zero attached hydrogens (tertiary/aromatic N) is 3. The van der Waals surface area contributed by atoms with Crippen LogP contribution in [0.5, 0.6) is 5.75 Å². The Balaban J connectivity index is 1.56. The number of nitrogens with one attached hydrogen (secondary N) is 2. The van der Waals surface area contributed by atoms with Gasteiger partial charge in [0, 0.05) is 42.0 Å². The second kappa shape index (κ2) is 9.48. The quantitative estimate of drug-likeness (QED) is 0.469. The molecule has 0 atom stereocenters. The summed E-state index contributed by atoms with van der Waals surface area (Å²) >= 11 is 11.9. The minimum absolute atomic E-state index is 0.0244. The standard InChI is InChI=1S/C23H19Cl2N5O3/c1-30-9-8-26-21(30)13-2-4-14(5-3-13)22(32)29-20-17(10-16(25)11-18(20)31)23(33)28-19-7-6-15(24)12-27-19/h2-7,10-12,31H,8-9H2,1H3,(H,29,32)(H,27,28,33). The number of pyridine rings is 1. The van der Waals surface area contributed by atoms with E-state index in [1.165, 1.54) is 24.4 Å². The van der Waals surface area contributed by atoms with Crippen LogP contribution in [0.4, 0.5) is 11.5 Å². The molecule has 2 aromatic carbocycles. The van der Waals surface area contributed by atoms with Gasteiger partial charge in [0.2, 0.25) is 0 Å². The summed E-state index contributed by atoms with van der Waals surface area (Å²) in [5.41, 5.74) is 1.15. The highest BCUT2D eigenvalue weighted by Gasteiger charge is 2.21. The normalized spacial score (nSPS) is 12.9. The van der Waals surface area contributed by atoms with Crippen LogP contribution in [0, 0.1) is 0 Å². The summed E-state index contributed by atoms with van der Waals surface area (Å²) in [4.78, 5) is 36.2. The molecule has 2 heterocycles. The number of amidine groups is 1. The van der Waals surface area contributed by atoms with Gasteiger partial charge in [-0.1, -0.05) is 35.3 Å². The van der Waals surface area contributed by atoms with Crippen LogP contribution in [0.25, 0.3) is 0 Å². The number of carbonyl (C=O) groups excluding carboxylic acids is 2. The molecule has 0 saturated heterocycles. The lowest BCUT2D eigenvalue weighted by Crippen LogP contribution is -2.23. The van der Waals surface area contributed by atoms with Crippen molar-refractivity contribution in [1.82, 2.24) is 9.88 Å². The molecule has 3 aromatic rings. The molecule has 0 saturated carbocycles. The molecule has 10 heteroatoms. The number of aromatic hydroxyl groups is 1. The van der Waals surface area contributed by atoms with Crippen molar-refractivity contribution in [2.45, 2.75) is 0 Å².